The third-order valence-electron chi connectivity index (χ3n) is 8.39. The number of fused-ring (bicyclic) bond motifs is 3. The lowest BCUT2D eigenvalue weighted by Crippen LogP contribution is -2.09. The predicted molar refractivity (Wildman–Crippen MR) is 186 cm³/mol. The summed E-state index contributed by atoms with van der Waals surface area (Å²) in [7, 11) is 0. The average Bonchev–Trinajstić information content (AvgIpc) is 3.44. The number of aromatic nitrogens is 1. The molecule has 8 aromatic rings. The first-order valence-electron chi connectivity index (χ1n) is 15.0. The van der Waals surface area contributed by atoms with E-state index in [0.29, 0.717) is 0 Å². The second-order valence-corrected chi connectivity index (χ2v) is 11.1. The summed E-state index contributed by atoms with van der Waals surface area (Å²) in [5.41, 5.74) is 11.8. The van der Waals surface area contributed by atoms with E-state index in [1.165, 1.54) is 44.1 Å². The van der Waals surface area contributed by atoms with Gasteiger partial charge in [0.05, 0.1) is 11.0 Å². The van der Waals surface area contributed by atoms with Crippen LogP contribution < -0.4 is 4.90 Å². The van der Waals surface area contributed by atoms with Crippen LogP contribution in [0, 0.1) is 0 Å². The van der Waals surface area contributed by atoms with Crippen LogP contribution in [0.1, 0.15) is 0 Å². The first kappa shape index (κ1) is 25.8. The Morgan fingerprint density at radius 2 is 0.773 bits per heavy atom. The maximum absolute atomic E-state index is 2.38. The number of rotatable bonds is 6. The molecular weight excluding hydrogens is 532 g/mol. The molecule has 8 rings (SSSR count). The SMILES string of the molecule is c1ccc(-c2ccc(-n3c4ccccc4c4cc(-c5ccc(N(c6ccccc6)c6ccccc6)cc5)ccc43)cc2)cc1. The van der Waals surface area contributed by atoms with Crippen LogP contribution in [0.2, 0.25) is 0 Å². The molecule has 0 saturated carbocycles. The topological polar surface area (TPSA) is 8.17 Å². The van der Waals surface area contributed by atoms with Gasteiger partial charge in [-0.3, -0.25) is 0 Å². The highest BCUT2D eigenvalue weighted by molar-refractivity contribution is 6.10. The highest BCUT2D eigenvalue weighted by atomic mass is 15.1. The standard InChI is InChI=1S/C42H30N2/c1-4-12-31(13-5-1)32-20-27-38(28-21-32)44-41-19-11-10-18-39(41)40-30-34(24-29-42(40)44)33-22-25-37(26-23-33)43(35-14-6-2-7-15-35)36-16-8-3-9-17-36/h1-30H. The van der Waals surface area contributed by atoms with Crippen LogP contribution >= 0.6 is 0 Å². The zero-order valence-corrected chi connectivity index (χ0v) is 24.2. The summed E-state index contributed by atoms with van der Waals surface area (Å²) < 4.78 is 2.38. The Morgan fingerprint density at radius 3 is 1.43 bits per heavy atom. The fourth-order valence-electron chi connectivity index (χ4n) is 6.27. The van der Waals surface area contributed by atoms with Gasteiger partial charge < -0.3 is 9.47 Å². The molecule has 0 fully saturated rings. The molecule has 208 valence electrons. The zero-order valence-electron chi connectivity index (χ0n) is 24.2. The number of anilines is 3. The minimum absolute atomic E-state index is 1.13. The third kappa shape index (κ3) is 4.63. The van der Waals surface area contributed by atoms with Crippen LogP contribution in [0.15, 0.2) is 182 Å². The van der Waals surface area contributed by atoms with Crippen molar-refractivity contribution in [1.82, 2.24) is 4.57 Å². The van der Waals surface area contributed by atoms with Crippen molar-refractivity contribution >= 4 is 38.9 Å². The van der Waals surface area contributed by atoms with Crippen molar-refractivity contribution in [2.24, 2.45) is 0 Å². The Morgan fingerprint density at radius 1 is 0.318 bits per heavy atom. The second-order valence-electron chi connectivity index (χ2n) is 11.1. The summed E-state index contributed by atoms with van der Waals surface area (Å²) >= 11 is 0. The van der Waals surface area contributed by atoms with E-state index in [2.05, 4.69) is 191 Å². The van der Waals surface area contributed by atoms with Gasteiger partial charge >= 0.3 is 0 Å². The maximum atomic E-state index is 2.38. The average molecular weight is 563 g/mol. The number of nitrogens with zero attached hydrogens (tertiary/aromatic N) is 2. The van der Waals surface area contributed by atoms with Gasteiger partial charge in [-0.1, -0.05) is 115 Å². The normalized spacial score (nSPS) is 11.2. The molecule has 0 aliphatic carbocycles. The van der Waals surface area contributed by atoms with Crippen molar-refractivity contribution in [1.29, 1.82) is 0 Å². The largest absolute Gasteiger partial charge is 0.311 e. The molecule has 0 unspecified atom stereocenters. The maximum Gasteiger partial charge on any atom is 0.0541 e. The van der Waals surface area contributed by atoms with Crippen molar-refractivity contribution in [3.8, 4) is 27.9 Å². The highest BCUT2D eigenvalue weighted by Crippen LogP contribution is 2.38. The van der Waals surface area contributed by atoms with E-state index in [9.17, 15) is 0 Å². The molecule has 0 saturated heterocycles. The van der Waals surface area contributed by atoms with Crippen molar-refractivity contribution in [2.75, 3.05) is 4.90 Å². The Labute approximate surface area is 257 Å². The monoisotopic (exact) mass is 562 g/mol. The van der Waals surface area contributed by atoms with Gasteiger partial charge in [0.15, 0.2) is 0 Å². The quantitative estimate of drug-likeness (QED) is 0.196. The Bertz CT molecular complexity index is 2140. The van der Waals surface area contributed by atoms with Gasteiger partial charge in [0.2, 0.25) is 0 Å². The first-order valence-corrected chi connectivity index (χ1v) is 15.0. The first-order chi connectivity index (χ1) is 21.8. The van der Waals surface area contributed by atoms with Gasteiger partial charge in [-0.15, -0.1) is 0 Å². The molecule has 1 heterocycles. The van der Waals surface area contributed by atoms with Crippen LogP contribution in [-0.4, -0.2) is 4.57 Å². The molecule has 2 nitrogen and oxygen atoms in total. The molecule has 0 bridgehead atoms. The molecule has 7 aromatic carbocycles. The molecule has 0 N–H and O–H groups in total. The number of hydrogen-bond donors (Lipinski definition) is 0. The molecular formula is C42H30N2. The molecule has 44 heavy (non-hydrogen) atoms. The number of para-hydroxylation sites is 3. The predicted octanol–water partition coefficient (Wildman–Crippen LogP) is 11.6. The van der Waals surface area contributed by atoms with E-state index in [4.69, 9.17) is 0 Å². The van der Waals surface area contributed by atoms with Crippen LogP contribution in [0.4, 0.5) is 17.1 Å². The van der Waals surface area contributed by atoms with Gasteiger partial charge in [0.1, 0.15) is 0 Å². The Hall–Kier alpha value is -5.86. The van der Waals surface area contributed by atoms with Gasteiger partial charge in [-0.2, -0.15) is 0 Å². The molecule has 1 aromatic heterocycles. The van der Waals surface area contributed by atoms with Gasteiger partial charge in [-0.05, 0) is 89.0 Å². The Balaban J connectivity index is 1.18. The smallest absolute Gasteiger partial charge is 0.0541 e. The van der Waals surface area contributed by atoms with Crippen LogP contribution in [-0.2, 0) is 0 Å². The fraction of sp³-hybridized carbons (Fsp3) is 0. The lowest BCUT2D eigenvalue weighted by Gasteiger charge is -2.25. The van der Waals surface area contributed by atoms with E-state index < -0.39 is 0 Å². The van der Waals surface area contributed by atoms with E-state index >= 15 is 0 Å². The Kier molecular flexibility index (Phi) is 6.51. The fourth-order valence-corrected chi connectivity index (χ4v) is 6.27. The summed E-state index contributed by atoms with van der Waals surface area (Å²) in [5.74, 6) is 0. The van der Waals surface area contributed by atoms with Gasteiger partial charge in [-0.25, -0.2) is 0 Å². The lowest BCUT2D eigenvalue weighted by atomic mass is 10.0. The molecule has 0 amide bonds. The summed E-state index contributed by atoms with van der Waals surface area (Å²) in [6.07, 6.45) is 0. The van der Waals surface area contributed by atoms with E-state index in [0.717, 1.165) is 22.7 Å². The van der Waals surface area contributed by atoms with E-state index in [-0.39, 0.29) is 0 Å². The summed E-state index contributed by atoms with van der Waals surface area (Å²) in [6.45, 7) is 0. The summed E-state index contributed by atoms with van der Waals surface area (Å²) in [6, 6.07) is 65.0. The highest BCUT2D eigenvalue weighted by Gasteiger charge is 2.15. The summed E-state index contributed by atoms with van der Waals surface area (Å²) in [5, 5.41) is 2.51. The second kappa shape index (κ2) is 11.1. The number of benzene rings is 7. The minimum atomic E-state index is 1.13. The molecule has 2 heteroatoms. The molecule has 0 aliphatic heterocycles. The number of hydrogen-bond acceptors (Lipinski definition) is 1. The molecule has 0 radical (unpaired) electrons. The van der Waals surface area contributed by atoms with Crippen molar-refractivity contribution < 1.29 is 0 Å². The van der Waals surface area contributed by atoms with Gasteiger partial charge in [0, 0.05) is 33.5 Å². The zero-order chi connectivity index (χ0) is 29.3. The summed E-state index contributed by atoms with van der Waals surface area (Å²) in [4.78, 5) is 2.30. The third-order valence-corrected chi connectivity index (χ3v) is 8.39. The molecule has 0 aliphatic rings. The van der Waals surface area contributed by atoms with Crippen molar-refractivity contribution in [3.63, 3.8) is 0 Å². The molecule has 0 atom stereocenters. The van der Waals surface area contributed by atoms with Crippen LogP contribution in [0.3, 0.4) is 0 Å². The lowest BCUT2D eigenvalue weighted by molar-refractivity contribution is 1.18. The van der Waals surface area contributed by atoms with Crippen LogP contribution in [0.5, 0.6) is 0 Å². The van der Waals surface area contributed by atoms with E-state index in [1.807, 2.05) is 0 Å². The minimum Gasteiger partial charge on any atom is -0.311 e. The van der Waals surface area contributed by atoms with Crippen molar-refractivity contribution in [2.45, 2.75) is 0 Å². The van der Waals surface area contributed by atoms with Gasteiger partial charge in [0.25, 0.3) is 0 Å². The molecule has 0 spiro atoms. The van der Waals surface area contributed by atoms with E-state index in [1.54, 1.807) is 0 Å². The van der Waals surface area contributed by atoms with Crippen molar-refractivity contribution in [3.05, 3.63) is 182 Å². The van der Waals surface area contributed by atoms with Crippen LogP contribution in [0.25, 0.3) is 49.7 Å².